The van der Waals surface area contributed by atoms with Gasteiger partial charge >= 0.3 is 0 Å². The fraction of sp³-hybridized carbons (Fsp3) is 0.286. The molecule has 136 valence electrons. The van der Waals surface area contributed by atoms with Gasteiger partial charge in [0.2, 0.25) is 0 Å². The number of nitriles is 1. The van der Waals surface area contributed by atoms with Crippen molar-refractivity contribution in [3.63, 3.8) is 0 Å². The summed E-state index contributed by atoms with van der Waals surface area (Å²) in [4.78, 5) is 19.6. The smallest absolute Gasteiger partial charge is 0.263 e. The second-order valence-electron chi connectivity index (χ2n) is 6.61. The van der Waals surface area contributed by atoms with Gasteiger partial charge in [-0.25, -0.2) is 4.98 Å². The molecule has 0 radical (unpaired) electrons. The highest BCUT2D eigenvalue weighted by molar-refractivity contribution is 7.18. The lowest BCUT2D eigenvalue weighted by Gasteiger charge is -2.26. The minimum atomic E-state index is -0.590. The summed E-state index contributed by atoms with van der Waals surface area (Å²) in [5.41, 5.74) is 1.55. The van der Waals surface area contributed by atoms with Crippen LogP contribution in [0.1, 0.15) is 36.4 Å². The molecule has 3 aromatic rings. The van der Waals surface area contributed by atoms with Crippen LogP contribution in [-0.2, 0) is 4.79 Å². The Labute approximate surface area is 161 Å². The van der Waals surface area contributed by atoms with Crippen LogP contribution in [0.25, 0.3) is 10.2 Å². The Bertz CT molecular complexity index is 973. The third kappa shape index (κ3) is 3.51. The van der Waals surface area contributed by atoms with Gasteiger partial charge in [-0.15, -0.1) is 11.3 Å². The molecule has 1 aliphatic rings. The standard InChI is InChI=1S/C21H19N3O2S/c1-14(26-16-10-8-15(13-22)9-11-16)21(25)24-12-4-6-18(24)20-23-17-5-2-3-7-19(17)27-20/h2-3,5,7-11,14,18H,4,6,12H2,1H3. The maximum absolute atomic E-state index is 13.0. The lowest BCUT2D eigenvalue weighted by Crippen LogP contribution is -2.40. The summed E-state index contributed by atoms with van der Waals surface area (Å²) in [5.74, 6) is 0.562. The zero-order valence-corrected chi connectivity index (χ0v) is 15.8. The Morgan fingerprint density at radius 3 is 2.81 bits per heavy atom. The number of likely N-dealkylation sites (tertiary alicyclic amines) is 1. The first-order valence-corrected chi connectivity index (χ1v) is 9.80. The van der Waals surface area contributed by atoms with Gasteiger partial charge in [0.1, 0.15) is 10.8 Å². The monoisotopic (exact) mass is 377 g/mol. The molecule has 2 unspecified atom stereocenters. The third-order valence-corrected chi connectivity index (χ3v) is 5.91. The number of ether oxygens (including phenoxy) is 1. The molecule has 1 fully saturated rings. The molecule has 4 rings (SSSR count). The second kappa shape index (κ2) is 7.37. The van der Waals surface area contributed by atoms with Crippen LogP contribution < -0.4 is 4.74 Å². The highest BCUT2D eigenvalue weighted by atomic mass is 32.1. The van der Waals surface area contributed by atoms with E-state index in [9.17, 15) is 4.79 Å². The van der Waals surface area contributed by atoms with Gasteiger partial charge in [-0.2, -0.15) is 5.26 Å². The van der Waals surface area contributed by atoms with Crippen molar-refractivity contribution in [1.29, 1.82) is 5.26 Å². The van der Waals surface area contributed by atoms with Crippen LogP contribution in [0.15, 0.2) is 48.5 Å². The van der Waals surface area contributed by atoms with E-state index in [-0.39, 0.29) is 11.9 Å². The molecule has 2 atom stereocenters. The highest BCUT2D eigenvalue weighted by Crippen LogP contribution is 2.37. The average molecular weight is 377 g/mol. The number of hydrogen-bond acceptors (Lipinski definition) is 5. The third-order valence-electron chi connectivity index (χ3n) is 4.78. The number of carbonyl (C=O) groups is 1. The van der Waals surface area contributed by atoms with Gasteiger partial charge in [0.05, 0.1) is 27.9 Å². The largest absolute Gasteiger partial charge is 0.481 e. The summed E-state index contributed by atoms with van der Waals surface area (Å²) in [6, 6.07) is 17.0. The summed E-state index contributed by atoms with van der Waals surface area (Å²) < 4.78 is 6.96. The summed E-state index contributed by atoms with van der Waals surface area (Å²) in [6.45, 7) is 2.49. The summed E-state index contributed by atoms with van der Waals surface area (Å²) in [6.07, 6.45) is 1.30. The minimum absolute atomic E-state index is 0.0157. The molecular formula is C21H19N3O2S. The van der Waals surface area contributed by atoms with Gasteiger partial charge < -0.3 is 9.64 Å². The number of aromatic nitrogens is 1. The predicted molar refractivity (Wildman–Crippen MR) is 105 cm³/mol. The number of thiazole rings is 1. The van der Waals surface area contributed by atoms with E-state index in [1.54, 1.807) is 42.5 Å². The Hall–Kier alpha value is -2.91. The molecule has 5 nitrogen and oxygen atoms in total. The summed E-state index contributed by atoms with van der Waals surface area (Å²) in [5, 5.41) is 9.87. The lowest BCUT2D eigenvalue weighted by atomic mass is 10.2. The maximum atomic E-state index is 13.0. The number of benzene rings is 2. The van der Waals surface area contributed by atoms with Crippen molar-refractivity contribution in [2.75, 3.05) is 6.54 Å². The number of nitrogens with zero attached hydrogens (tertiary/aromatic N) is 3. The molecule has 0 spiro atoms. The molecule has 2 heterocycles. The van der Waals surface area contributed by atoms with Crippen LogP contribution in [0, 0.1) is 11.3 Å². The van der Waals surface area contributed by atoms with E-state index in [1.807, 2.05) is 23.1 Å². The minimum Gasteiger partial charge on any atom is -0.481 e. The molecule has 0 saturated carbocycles. The maximum Gasteiger partial charge on any atom is 0.263 e. The number of rotatable bonds is 4. The van der Waals surface area contributed by atoms with Crippen molar-refractivity contribution in [2.45, 2.75) is 31.9 Å². The molecule has 1 saturated heterocycles. The van der Waals surface area contributed by atoms with Crippen LogP contribution in [-0.4, -0.2) is 28.4 Å². The number of para-hydroxylation sites is 1. The van der Waals surface area contributed by atoms with Gasteiger partial charge in [-0.05, 0) is 56.2 Å². The Kier molecular flexibility index (Phi) is 4.78. The first-order valence-electron chi connectivity index (χ1n) is 8.98. The van der Waals surface area contributed by atoms with Crippen LogP contribution in [0.5, 0.6) is 5.75 Å². The molecule has 0 bridgehead atoms. The van der Waals surface area contributed by atoms with Crippen LogP contribution in [0.3, 0.4) is 0 Å². The second-order valence-corrected chi connectivity index (χ2v) is 7.67. The quantitative estimate of drug-likeness (QED) is 0.680. The molecule has 2 aromatic carbocycles. The lowest BCUT2D eigenvalue weighted by molar-refractivity contribution is -0.138. The van der Waals surface area contributed by atoms with Crippen LogP contribution in [0.4, 0.5) is 0 Å². The van der Waals surface area contributed by atoms with E-state index >= 15 is 0 Å². The normalized spacial score (nSPS) is 17.6. The Morgan fingerprint density at radius 1 is 1.30 bits per heavy atom. The molecule has 1 aliphatic heterocycles. The number of hydrogen-bond donors (Lipinski definition) is 0. The predicted octanol–water partition coefficient (Wildman–Crippen LogP) is 4.30. The van der Waals surface area contributed by atoms with Crippen molar-refractivity contribution >= 4 is 27.5 Å². The molecule has 1 amide bonds. The molecular weight excluding hydrogens is 358 g/mol. The molecule has 0 aliphatic carbocycles. The zero-order valence-electron chi connectivity index (χ0n) is 15.0. The first-order chi connectivity index (χ1) is 13.2. The Morgan fingerprint density at radius 2 is 2.07 bits per heavy atom. The molecule has 27 heavy (non-hydrogen) atoms. The fourth-order valence-corrected chi connectivity index (χ4v) is 4.53. The molecule has 6 heteroatoms. The highest BCUT2D eigenvalue weighted by Gasteiger charge is 2.35. The number of amides is 1. The van der Waals surface area contributed by atoms with Crippen molar-refractivity contribution in [2.24, 2.45) is 0 Å². The molecule has 1 aromatic heterocycles. The van der Waals surface area contributed by atoms with Gasteiger partial charge in [-0.3, -0.25) is 4.79 Å². The van der Waals surface area contributed by atoms with Gasteiger partial charge in [0.25, 0.3) is 5.91 Å². The fourth-order valence-electron chi connectivity index (χ4n) is 3.42. The van der Waals surface area contributed by atoms with E-state index in [0.29, 0.717) is 11.3 Å². The average Bonchev–Trinajstić information content (AvgIpc) is 3.34. The van der Waals surface area contributed by atoms with Crippen molar-refractivity contribution < 1.29 is 9.53 Å². The summed E-state index contributed by atoms with van der Waals surface area (Å²) >= 11 is 1.66. The van der Waals surface area contributed by atoms with E-state index in [4.69, 9.17) is 15.0 Å². The van der Waals surface area contributed by atoms with Crippen molar-refractivity contribution in [3.05, 3.63) is 59.1 Å². The van der Waals surface area contributed by atoms with Gasteiger partial charge in [0.15, 0.2) is 6.10 Å². The Balaban J connectivity index is 1.50. The van der Waals surface area contributed by atoms with E-state index in [0.717, 1.165) is 34.6 Å². The molecule has 0 N–H and O–H groups in total. The summed E-state index contributed by atoms with van der Waals surface area (Å²) in [7, 11) is 0. The van der Waals surface area contributed by atoms with Crippen LogP contribution >= 0.6 is 11.3 Å². The van der Waals surface area contributed by atoms with Crippen molar-refractivity contribution in [3.8, 4) is 11.8 Å². The van der Waals surface area contributed by atoms with Gasteiger partial charge in [-0.1, -0.05) is 12.1 Å². The first kappa shape index (κ1) is 17.5. The topological polar surface area (TPSA) is 66.2 Å². The zero-order chi connectivity index (χ0) is 18.8. The van der Waals surface area contributed by atoms with E-state index in [2.05, 4.69) is 12.1 Å². The number of carbonyl (C=O) groups excluding carboxylic acids is 1. The van der Waals surface area contributed by atoms with E-state index < -0.39 is 6.10 Å². The van der Waals surface area contributed by atoms with Crippen molar-refractivity contribution in [1.82, 2.24) is 9.88 Å². The van der Waals surface area contributed by atoms with Crippen LogP contribution in [0.2, 0.25) is 0 Å². The number of fused-ring (bicyclic) bond motifs is 1. The SMILES string of the molecule is CC(Oc1ccc(C#N)cc1)C(=O)N1CCCC1c1nc2ccccc2s1. The van der Waals surface area contributed by atoms with Gasteiger partial charge in [0, 0.05) is 6.54 Å². The van der Waals surface area contributed by atoms with E-state index in [1.165, 1.54) is 0 Å².